The first kappa shape index (κ1) is 48.0. The van der Waals surface area contributed by atoms with Gasteiger partial charge in [-0.1, -0.05) is 168 Å². The van der Waals surface area contributed by atoms with Gasteiger partial charge in [0.1, 0.15) is 12.7 Å². The number of esters is 2. The normalized spacial score (nSPS) is 14.0. The summed E-state index contributed by atoms with van der Waals surface area (Å²) < 4.78 is 32.2. The van der Waals surface area contributed by atoms with Crippen LogP contribution < -0.4 is 4.89 Å². The fourth-order valence-electron chi connectivity index (χ4n) is 5.63. The molecule has 0 heterocycles. The van der Waals surface area contributed by atoms with Gasteiger partial charge in [-0.25, -0.2) is 0 Å². The Labute approximate surface area is 299 Å². The Bertz CT molecular complexity index is 796. The van der Waals surface area contributed by atoms with E-state index in [4.69, 9.17) is 19.1 Å². The first-order valence-electron chi connectivity index (χ1n) is 20.0. The van der Waals surface area contributed by atoms with Crippen molar-refractivity contribution in [3.63, 3.8) is 0 Å². The van der Waals surface area contributed by atoms with Gasteiger partial charge in [-0.2, -0.15) is 0 Å². The minimum atomic E-state index is -4.85. The molecule has 0 saturated carbocycles. The Balaban J connectivity index is 4.31. The molecule has 0 aromatic heterocycles. The number of ether oxygens (including phenoxy) is 2. The molecular weight excluding hydrogens is 647 g/mol. The number of phosphoric ester groups is 1. The second kappa shape index (κ2) is 35.4. The molecule has 0 saturated heterocycles. The predicted molar refractivity (Wildman–Crippen MR) is 194 cm³/mol. The maximum atomic E-state index is 12.5. The highest BCUT2D eigenvalue weighted by atomic mass is 31.2. The van der Waals surface area contributed by atoms with Crippen molar-refractivity contribution in [2.45, 2.75) is 206 Å². The molecule has 2 N–H and O–H groups in total. The van der Waals surface area contributed by atoms with Crippen LogP contribution >= 0.6 is 7.82 Å². The van der Waals surface area contributed by atoms with Crippen LogP contribution in [-0.4, -0.2) is 60.8 Å². The SMILES string of the molecule is CCCCCCCCCCCCCCCC(=O)OCC(COP(=O)([O-])OCC(O)CO)OC(=O)CCCCCCCCCCCCCCC. The summed E-state index contributed by atoms with van der Waals surface area (Å²) in [5.74, 6) is -0.949. The van der Waals surface area contributed by atoms with Crippen molar-refractivity contribution in [1.82, 2.24) is 0 Å². The Hall–Kier alpha value is -1.03. The molecule has 0 amide bonds. The van der Waals surface area contributed by atoms with Crippen molar-refractivity contribution < 1.29 is 47.8 Å². The van der Waals surface area contributed by atoms with Gasteiger partial charge < -0.3 is 33.6 Å². The van der Waals surface area contributed by atoms with E-state index in [2.05, 4.69) is 18.4 Å². The van der Waals surface area contributed by atoms with Crippen molar-refractivity contribution in [1.29, 1.82) is 0 Å². The predicted octanol–water partition coefficient (Wildman–Crippen LogP) is 9.26. The second-order valence-electron chi connectivity index (χ2n) is 13.7. The quantitative estimate of drug-likeness (QED) is 0.0359. The summed E-state index contributed by atoms with van der Waals surface area (Å²) in [5.41, 5.74) is 0. The van der Waals surface area contributed by atoms with Gasteiger partial charge in [-0.3, -0.25) is 14.2 Å². The number of carbonyl (C=O) groups is 2. The van der Waals surface area contributed by atoms with Gasteiger partial charge in [0, 0.05) is 12.8 Å². The van der Waals surface area contributed by atoms with Gasteiger partial charge in [0.25, 0.3) is 7.82 Å². The van der Waals surface area contributed by atoms with E-state index in [0.29, 0.717) is 12.8 Å². The summed E-state index contributed by atoms with van der Waals surface area (Å²) in [5, 5.41) is 18.2. The van der Waals surface area contributed by atoms with Crippen LogP contribution in [0.2, 0.25) is 0 Å². The van der Waals surface area contributed by atoms with Crippen LogP contribution in [0.15, 0.2) is 0 Å². The van der Waals surface area contributed by atoms with Gasteiger partial charge in [-0.15, -0.1) is 0 Å². The number of carbonyl (C=O) groups excluding carboxylic acids is 2. The Morgan fingerprint density at radius 2 is 0.898 bits per heavy atom. The van der Waals surface area contributed by atoms with E-state index in [1.807, 2.05) is 0 Å². The smallest absolute Gasteiger partial charge is 0.306 e. The largest absolute Gasteiger partial charge is 0.756 e. The highest BCUT2D eigenvalue weighted by Gasteiger charge is 2.21. The zero-order chi connectivity index (χ0) is 36.3. The molecule has 0 rings (SSSR count). The zero-order valence-corrected chi connectivity index (χ0v) is 32.3. The fraction of sp³-hybridized carbons (Fsp3) is 0.947. The summed E-state index contributed by atoms with van der Waals surface area (Å²) in [6, 6.07) is 0. The van der Waals surface area contributed by atoms with Crippen LogP contribution in [0.3, 0.4) is 0 Å². The van der Waals surface area contributed by atoms with Crippen molar-refractivity contribution in [3.05, 3.63) is 0 Å². The van der Waals surface area contributed by atoms with Gasteiger partial charge in [0.2, 0.25) is 0 Å². The molecule has 3 unspecified atom stereocenters. The van der Waals surface area contributed by atoms with E-state index in [-0.39, 0.29) is 19.4 Å². The summed E-state index contributed by atoms with van der Waals surface area (Å²) in [4.78, 5) is 37.0. The molecule has 0 radical (unpaired) electrons. The molecular formula is C38H74O10P-. The van der Waals surface area contributed by atoms with Gasteiger partial charge >= 0.3 is 11.9 Å². The summed E-state index contributed by atoms with van der Waals surface area (Å²) in [6.45, 7) is 2.21. The van der Waals surface area contributed by atoms with E-state index in [0.717, 1.165) is 38.5 Å². The molecule has 0 fully saturated rings. The standard InChI is InChI=1S/C38H75O10P/c1-3-5-7-9-11-13-15-17-19-21-23-25-27-29-37(41)45-33-36(34-47-49(43,44)46-32-35(40)31-39)48-38(42)30-28-26-24-22-20-18-16-14-12-10-8-6-4-2/h35-36,39-40H,3-34H2,1-2H3,(H,43,44)/p-1. The highest BCUT2D eigenvalue weighted by molar-refractivity contribution is 7.45. The van der Waals surface area contributed by atoms with Gasteiger partial charge in [0.05, 0.1) is 19.8 Å². The number of hydrogen-bond donors (Lipinski definition) is 2. The third-order valence-electron chi connectivity index (χ3n) is 8.75. The maximum Gasteiger partial charge on any atom is 0.306 e. The molecule has 11 heteroatoms. The fourth-order valence-corrected chi connectivity index (χ4v) is 6.41. The molecule has 0 aromatic carbocycles. The zero-order valence-electron chi connectivity index (χ0n) is 31.4. The molecule has 0 spiro atoms. The summed E-state index contributed by atoms with van der Waals surface area (Å²) >= 11 is 0. The number of unbranched alkanes of at least 4 members (excludes halogenated alkanes) is 24. The van der Waals surface area contributed by atoms with E-state index >= 15 is 0 Å². The number of phosphoric acid groups is 1. The lowest BCUT2D eigenvalue weighted by molar-refractivity contribution is -0.230. The first-order valence-corrected chi connectivity index (χ1v) is 21.4. The first-order chi connectivity index (χ1) is 23.7. The van der Waals surface area contributed by atoms with E-state index in [1.54, 1.807) is 0 Å². The molecule has 0 bridgehead atoms. The van der Waals surface area contributed by atoms with E-state index in [1.165, 1.54) is 116 Å². The monoisotopic (exact) mass is 722 g/mol. The van der Waals surface area contributed by atoms with Crippen LogP contribution in [0.4, 0.5) is 0 Å². The number of aliphatic hydroxyl groups excluding tert-OH is 2. The minimum Gasteiger partial charge on any atom is -0.756 e. The Morgan fingerprint density at radius 1 is 0.551 bits per heavy atom. The number of rotatable bonds is 38. The molecule has 0 aromatic rings. The Morgan fingerprint density at radius 3 is 1.29 bits per heavy atom. The summed E-state index contributed by atoms with van der Waals surface area (Å²) in [7, 11) is -4.85. The number of hydrogen-bond acceptors (Lipinski definition) is 10. The van der Waals surface area contributed by atoms with Crippen molar-refractivity contribution in [2.75, 3.05) is 26.4 Å². The van der Waals surface area contributed by atoms with E-state index in [9.17, 15) is 24.2 Å². The second-order valence-corrected chi connectivity index (χ2v) is 15.1. The minimum absolute atomic E-state index is 0.176. The molecule has 0 aliphatic rings. The van der Waals surface area contributed by atoms with Crippen LogP contribution in [0.25, 0.3) is 0 Å². The van der Waals surface area contributed by atoms with E-state index < -0.39 is 51.8 Å². The van der Waals surface area contributed by atoms with Crippen molar-refractivity contribution >= 4 is 19.8 Å². The lowest BCUT2D eigenvalue weighted by Crippen LogP contribution is -2.30. The molecule has 10 nitrogen and oxygen atoms in total. The average Bonchev–Trinajstić information content (AvgIpc) is 3.09. The van der Waals surface area contributed by atoms with Gasteiger partial charge in [0.15, 0.2) is 6.10 Å². The topological polar surface area (TPSA) is 152 Å². The van der Waals surface area contributed by atoms with Crippen LogP contribution in [0.5, 0.6) is 0 Å². The average molecular weight is 722 g/mol. The molecule has 0 aliphatic heterocycles. The maximum absolute atomic E-state index is 12.5. The Kier molecular flexibility index (Phi) is 34.6. The van der Waals surface area contributed by atoms with Crippen LogP contribution in [0.1, 0.15) is 194 Å². The van der Waals surface area contributed by atoms with Crippen LogP contribution in [0, 0.1) is 0 Å². The lowest BCUT2D eigenvalue weighted by atomic mass is 10.0. The molecule has 0 aliphatic carbocycles. The summed E-state index contributed by atoms with van der Waals surface area (Å²) in [6.07, 6.45) is 29.0. The highest BCUT2D eigenvalue weighted by Crippen LogP contribution is 2.38. The lowest BCUT2D eigenvalue weighted by Gasteiger charge is -2.26. The third kappa shape index (κ3) is 35.2. The third-order valence-corrected chi connectivity index (χ3v) is 9.68. The molecule has 3 atom stereocenters. The molecule has 292 valence electrons. The van der Waals surface area contributed by atoms with Crippen molar-refractivity contribution in [3.8, 4) is 0 Å². The number of aliphatic hydroxyl groups is 2. The van der Waals surface area contributed by atoms with Crippen molar-refractivity contribution in [2.24, 2.45) is 0 Å². The van der Waals surface area contributed by atoms with Crippen LogP contribution in [-0.2, 0) is 32.7 Å². The van der Waals surface area contributed by atoms with Gasteiger partial charge in [-0.05, 0) is 12.8 Å². The molecule has 49 heavy (non-hydrogen) atoms.